The molecule has 0 spiro atoms. The molecule has 3 aromatic carbocycles. The van der Waals surface area contributed by atoms with E-state index in [9.17, 15) is 24.8 Å². The average Bonchev–Trinajstić information content (AvgIpc) is 2.74. The van der Waals surface area contributed by atoms with Crippen molar-refractivity contribution in [3.63, 3.8) is 0 Å². The molecule has 3 aromatic rings. The number of nitrogens with one attached hydrogen (secondary N) is 1. The van der Waals surface area contributed by atoms with E-state index in [1.54, 1.807) is 54.6 Å². The predicted octanol–water partition coefficient (Wildman–Crippen LogP) is 4.24. The Bertz CT molecular complexity index is 1130. The van der Waals surface area contributed by atoms with Crippen LogP contribution in [0.2, 0.25) is 0 Å². The third-order valence-electron chi connectivity index (χ3n) is 3.97. The number of carboxylic acids is 1. The zero-order valence-corrected chi connectivity index (χ0v) is 15.5. The molecule has 0 saturated heterocycles. The van der Waals surface area contributed by atoms with Crippen LogP contribution in [-0.4, -0.2) is 21.9 Å². The minimum Gasteiger partial charge on any atom is -0.477 e. The van der Waals surface area contributed by atoms with Crippen molar-refractivity contribution in [2.75, 3.05) is 0 Å². The first-order valence-electron chi connectivity index (χ1n) is 8.77. The number of benzene rings is 3. The summed E-state index contributed by atoms with van der Waals surface area (Å²) in [5, 5.41) is 22.9. The van der Waals surface area contributed by atoms with Gasteiger partial charge in [0.25, 0.3) is 5.91 Å². The molecule has 0 saturated carbocycles. The minimum atomic E-state index is -1.32. The Labute approximate surface area is 171 Å². The smallest absolute Gasteiger partial charge is 0.352 e. The minimum absolute atomic E-state index is 0.0551. The Morgan fingerprint density at radius 2 is 1.67 bits per heavy atom. The van der Waals surface area contributed by atoms with Crippen LogP contribution in [0.3, 0.4) is 0 Å². The first kappa shape index (κ1) is 20.3. The highest BCUT2D eigenvalue weighted by atomic mass is 16.6. The number of hydrogen-bond acceptors (Lipinski definition) is 5. The fourth-order valence-corrected chi connectivity index (χ4v) is 2.59. The first-order valence-corrected chi connectivity index (χ1v) is 8.77. The quantitative estimate of drug-likeness (QED) is 0.345. The van der Waals surface area contributed by atoms with Crippen LogP contribution in [0, 0.1) is 10.1 Å². The second-order valence-corrected chi connectivity index (χ2v) is 6.08. The molecule has 0 aliphatic rings. The number of ether oxygens (including phenoxy) is 1. The largest absolute Gasteiger partial charge is 0.477 e. The van der Waals surface area contributed by atoms with E-state index in [0.29, 0.717) is 11.1 Å². The van der Waals surface area contributed by atoms with Crippen molar-refractivity contribution >= 4 is 23.6 Å². The second-order valence-electron chi connectivity index (χ2n) is 6.08. The van der Waals surface area contributed by atoms with Gasteiger partial charge in [0.1, 0.15) is 11.4 Å². The first-order chi connectivity index (χ1) is 14.4. The summed E-state index contributed by atoms with van der Waals surface area (Å²) in [4.78, 5) is 34.4. The monoisotopic (exact) mass is 404 g/mol. The van der Waals surface area contributed by atoms with Gasteiger partial charge in [-0.15, -0.1) is 0 Å². The van der Waals surface area contributed by atoms with Gasteiger partial charge in [-0.25, -0.2) is 4.79 Å². The summed E-state index contributed by atoms with van der Waals surface area (Å²) in [5.74, 6) is -1.54. The lowest BCUT2D eigenvalue weighted by molar-refractivity contribution is -0.385. The van der Waals surface area contributed by atoms with E-state index in [1.165, 1.54) is 30.3 Å². The molecule has 3 rings (SSSR count). The van der Waals surface area contributed by atoms with E-state index in [1.807, 2.05) is 0 Å². The van der Waals surface area contributed by atoms with Gasteiger partial charge < -0.3 is 15.2 Å². The molecule has 8 heteroatoms. The van der Waals surface area contributed by atoms with Crippen molar-refractivity contribution < 1.29 is 24.4 Å². The SMILES string of the molecule is O=C(O)/C(=C/c1cccc(Oc2ccccc2[N+](=O)[O-])c1)NC(=O)c1ccccc1. The maximum atomic E-state index is 12.3. The molecule has 0 aliphatic heterocycles. The Morgan fingerprint density at radius 3 is 2.37 bits per heavy atom. The Balaban J connectivity index is 1.84. The highest BCUT2D eigenvalue weighted by Crippen LogP contribution is 2.31. The number of para-hydroxylation sites is 2. The number of aliphatic carboxylic acids is 1. The molecule has 0 aromatic heterocycles. The summed E-state index contributed by atoms with van der Waals surface area (Å²) in [7, 11) is 0. The molecule has 0 aliphatic carbocycles. The zero-order chi connectivity index (χ0) is 21.5. The highest BCUT2D eigenvalue weighted by molar-refractivity contribution is 6.02. The Morgan fingerprint density at radius 1 is 0.967 bits per heavy atom. The average molecular weight is 404 g/mol. The third-order valence-corrected chi connectivity index (χ3v) is 3.97. The fourth-order valence-electron chi connectivity index (χ4n) is 2.59. The molecule has 30 heavy (non-hydrogen) atoms. The molecule has 0 heterocycles. The van der Waals surface area contributed by atoms with E-state index in [2.05, 4.69) is 5.32 Å². The molecule has 150 valence electrons. The van der Waals surface area contributed by atoms with Gasteiger partial charge in [0, 0.05) is 11.6 Å². The third kappa shape index (κ3) is 5.08. The van der Waals surface area contributed by atoms with Gasteiger partial charge in [-0.1, -0.05) is 42.5 Å². The van der Waals surface area contributed by atoms with Gasteiger partial charge >= 0.3 is 11.7 Å². The summed E-state index contributed by atoms with van der Waals surface area (Å²) in [6.45, 7) is 0. The standard InChI is InChI=1S/C22H16N2O6/c25-21(16-8-2-1-3-9-16)23-18(22(26)27)14-15-7-6-10-17(13-15)30-20-12-5-4-11-19(20)24(28)29/h1-14H,(H,23,25)(H,26,27)/b18-14-. The maximum Gasteiger partial charge on any atom is 0.352 e. The normalized spacial score (nSPS) is 10.9. The van der Waals surface area contributed by atoms with Gasteiger partial charge in [0.15, 0.2) is 0 Å². The number of rotatable bonds is 7. The Kier molecular flexibility index (Phi) is 6.19. The van der Waals surface area contributed by atoms with Gasteiger partial charge in [0.05, 0.1) is 4.92 Å². The topological polar surface area (TPSA) is 119 Å². The van der Waals surface area contributed by atoms with Crippen molar-refractivity contribution in [1.29, 1.82) is 0 Å². The van der Waals surface area contributed by atoms with Crippen molar-refractivity contribution in [1.82, 2.24) is 5.32 Å². The highest BCUT2D eigenvalue weighted by Gasteiger charge is 2.15. The summed E-state index contributed by atoms with van der Waals surface area (Å²) >= 11 is 0. The molecule has 0 bridgehead atoms. The summed E-state index contributed by atoms with van der Waals surface area (Å²) in [6, 6.07) is 20.4. The number of carboxylic acid groups (broad SMARTS) is 1. The maximum absolute atomic E-state index is 12.3. The van der Waals surface area contributed by atoms with Crippen LogP contribution in [0.15, 0.2) is 84.6 Å². The van der Waals surface area contributed by atoms with Gasteiger partial charge in [-0.3, -0.25) is 14.9 Å². The number of amides is 1. The number of carbonyl (C=O) groups is 2. The molecule has 0 radical (unpaired) electrons. The summed E-state index contributed by atoms with van der Waals surface area (Å²) in [6.07, 6.45) is 1.27. The van der Waals surface area contributed by atoms with Crippen LogP contribution < -0.4 is 10.1 Å². The molecule has 0 unspecified atom stereocenters. The van der Waals surface area contributed by atoms with Crippen LogP contribution in [-0.2, 0) is 4.79 Å². The number of nitrogens with zero attached hydrogens (tertiary/aromatic N) is 1. The molecule has 0 atom stereocenters. The lowest BCUT2D eigenvalue weighted by Gasteiger charge is -2.08. The van der Waals surface area contributed by atoms with E-state index in [4.69, 9.17) is 4.74 Å². The summed E-state index contributed by atoms with van der Waals surface area (Å²) < 4.78 is 5.60. The van der Waals surface area contributed by atoms with Crippen molar-refractivity contribution in [3.05, 3.63) is 106 Å². The van der Waals surface area contributed by atoms with E-state index in [-0.39, 0.29) is 22.9 Å². The van der Waals surface area contributed by atoms with Crippen LogP contribution in [0.4, 0.5) is 5.69 Å². The van der Waals surface area contributed by atoms with Crippen molar-refractivity contribution in [2.45, 2.75) is 0 Å². The molecular formula is C22H16N2O6. The lowest BCUT2D eigenvalue weighted by atomic mass is 10.1. The zero-order valence-electron chi connectivity index (χ0n) is 15.5. The van der Waals surface area contributed by atoms with Crippen LogP contribution in [0.5, 0.6) is 11.5 Å². The molecular weight excluding hydrogens is 388 g/mol. The molecule has 1 amide bonds. The van der Waals surface area contributed by atoms with Gasteiger partial charge in [-0.2, -0.15) is 0 Å². The molecule has 8 nitrogen and oxygen atoms in total. The Hall–Kier alpha value is -4.46. The van der Waals surface area contributed by atoms with Crippen molar-refractivity contribution in [2.24, 2.45) is 0 Å². The van der Waals surface area contributed by atoms with Crippen LogP contribution >= 0.6 is 0 Å². The van der Waals surface area contributed by atoms with E-state index in [0.717, 1.165) is 0 Å². The van der Waals surface area contributed by atoms with Crippen molar-refractivity contribution in [3.8, 4) is 11.5 Å². The second kappa shape index (κ2) is 9.16. The van der Waals surface area contributed by atoms with E-state index >= 15 is 0 Å². The number of hydrogen-bond donors (Lipinski definition) is 2. The van der Waals surface area contributed by atoms with E-state index < -0.39 is 16.8 Å². The number of nitro benzene ring substituents is 1. The fraction of sp³-hybridized carbons (Fsp3) is 0. The number of carbonyl (C=O) groups excluding carboxylic acids is 1. The van der Waals surface area contributed by atoms with Gasteiger partial charge in [0.2, 0.25) is 5.75 Å². The van der Waals surface area contributed by atoms with Gasteiger partial charge in [-0.05, 0) is 42.0 Å². The van der Waals surface area contributed by atoms with Crippen LogP contribution in [0.25, 0.3) is 6.08 Å². The van der Waals surface area contributed by atoms with Crippen LogP contribution in [0.1, 0.15) is 15.9 Å². The summed E-state index contributed by atoms with van der Waals surface area (Å²) in [5.41, 5.74) is 0.224. The molecule has 0 fully saturated rings. The predicted molar refractivity (Wildman–Crippen MR) is 109 cm³/mol. The number of nitro groups is 1. The lowest BCUT2D eigenvalue weighted by Crippen LogP contribution is -2.27. The molecule has 2 N–H and O–H groups in total.